The summed E-state index contributed by atoms with van der Waals surface area (Å²) in [5.74, 6) is -0.967. The Kier molecular flexibility index (Phi) is 4.00. The van der Waals surface area contributed by atoms with E-state index < -0.39 is 11.7 Å². The summed E-state index contributed by atoms with van der Waals surface area (Å²) in [6.07, 6.45) is 5.40. The highest BCUT2D eigenvalue weighted by Crippen LogP contribution is 2.21. The van der Waals surface area contributed by atoms with Crippen LogP contribution in [0.3, 0.4) is 0 Å². The predicted molar refractivity (Wildman–Crippen MR) is 65.7 cm³/mol. The number of carbonyl (C=O) groups is 1. The van der Waals surface area contributed by atoms with Gasteiger partial charge in [-0.1, -0.05) is 36.9 Å². The molecule has 0 unspecified atom stereocenters. The largest absolute Gasteiger partial charge is 0.349 e. The number of amides is 1. The maximum absolute atomic E-state index is 13.5. The lowest BCUT2D eigenvalue weighted by atomic mass is 9.95. The Labute approximate surface area is 105 Å². The topological polar surface area (TPSA) is 29.1 Å². The van der Waals surface area contributed by atoms with Gasteiger partial charge < -0.3 is 5.32 Å². The summed E-state index contributed by atoms with van der Waals surface area (Å²) < 4.78 is 13.5. The zero-order valence-corrected chi connectivity index (χ0v) is 10.3. The van der Waals surface area contributed by atoms with Crippen LogP contribution in [0.2, 0.25) is 5.02 Å². The van der Waals surface area contributed by atoms with E-state index in [-0.39, 0.29) is 16.6 Å². The predicted octanol–water partition coefficient (Wildman–Crippen LogP) is 3.54. The Bertz CT molecular complexity index is 396. The van der Waals surface area contributed by atoms with Crippen molar-refractivity contribution < 1.29 is 9.18 Å². The molecule has 1 aliphatic carbocycles. The molecule has 1 N–H and O–H groups in total. The molecule has 0 aliphatic heterocycles. The highest BCUT2D eigenvalue weighted by atomic mass is 35.5. The van der Waals surface area contributed by atoms with Gasteiger partial charge in [0.2, 0.25) is 0 Å². The van der Waals surface area contributed by atoms with E-state index in [1.54, 1.807) is 0 Å². The fourth-order valence-corrected chi connectivity index (χ4v) is 2.47. The molecule has 1 fully saturated rings. The number of nitrogens with one attached hydrogen (secondary N) is 1. The third-order valence-electron chi connectivity index (χ3n) is 3.13. The van der Waals surface area contributed by atoms with Crippen LogP contribution in [-0.2, 0) is 0 Å². The van der Waals surface area contributed by atoms with Gasteiger partial charge in [-0.15, -0.1) is 0 Å². The molecule has 4 heteroatoms. The van der Waals surface area contributed by atoms with Crippen LogP contribution in [0.5, 0.6) is 0 Å². The lowest BCUT2D eigenvalue weighted by molar-refractivity contribution is 0.0924. The van der Waals surface area contributed by atoms with E-state index in [1.807, 2.05) is 0 Å². The third-order valence-corrected chi connectivity index (χ3v) is 3.45. The van der Waals surface area contributed by atoms with Gasteiger partial charge in [0.05, 0.1) is 10.6 Å². The molecule has 0 spiro atoms. The van der Waals surface area contributed by atoms with E-state index in [0.717, 1.165) is 25.7 Å². The van der Waals surface area contributed by atoms with Gasteiger partial charge in [0.25, 0.3) is 5.91 Å². The van der Waals surface area contributed by atoms with E-state index in [2.05, 4.69) is 5.32 Å². The van der Waals surface area contributed by atoms with Crippen LogP contribution < -0.4 is 5.32 Å². The lowest BCUT2D eigenvalue weighted by Gasteiger charge is -2.23. The summed E-state index contributed by atoms with van der Waals surface area (Å²) >= 11 is 5.84. The van der Waals surface area contributed by atoms with Crippen LogP contribution in [0.4, 0.5) is 4.39 Å². The van der Waals surface area contributed by atoms with Crippen LogP contribution in [0, 0.1) is 5.82 Å². The first kappa shape index (κ1) is 12.4. The van der Waals surface area contributed by atoms with E-state index in [0.29, 0.717) is 0 Å². The van der Waals surface area contributed by atoms with Gasteiger partial charge in [-0.3, -0.25) is 4.79 Å². The van der Waals surface area contributed by atoms with Crippen molar-refractivity contribution in [1.82, 2.24) is 5.32 Å². The smallest absolute Gasteiger partial charge is 0.255 e. The minimum Gasteiger partial charge on any atom is -0.349 e. The fraction of sp³-hybridized carbons (Fsp3) is 0.462. The molecule has 0 radical (unpaired) electrons. The van der Waals surface area contributed by atoms with E-state index in [9.17, 15) is 9.18 Å². The minimum absolute atomic E-state index is 0.0419. The summed E-state index contributed by atoms with van der Waals surface area (Å²) in [5, 5.41) is 3.02. The molecule has 0 bridgehead atoms. The summed E-state index contributed by atoms with van der Waals surface area (Å²) in [6, 6.07) is 4.43. The molecule has 17 heavy (non-hydrogen) atoms. The van der Waals surface area contributed by atoms with Gasteiger partial charge in [-0.2, -0.15) is 0 Å². The maximum Gasteiger partial charge on any atom is 0.255 e. The SMILES string of the molecule is O=C(NC1CCCCC1)c1c(F)cccc1Cl. The molecule has 1 aliphatic rings. The second-order valence-electron chi connectivity index (χ2n) is 4.41. The zero-order chi connectivity index (χ0) is 12.3. The Morgan fingerprint density at radius 2 is 2.00 bits per heavy atom. The van der Waals surface area contributed by atoms with Gasteiger partial charge in [0.1, 0.15) is 5.82 Å². The molecule has 0 aromatic heterocycles. The molecular weight excluding hydrogens is 241 g/mol. The van der Waals surface area contributed by atoms with Crippen molar-refractivity contribution in [3.63, 3.8) is 0 Å². The standard InChI is InChI=1S/C13H15ClFNO/c14-10-7-4-8-11(15)12(10)13(17)16-9-5-2-1-3-6-9/h4,7-9H,1-3,5-6H2,(H,16,17). The Hall–Kier alpha value is -1.09. The molecular formula is C13H15ClFNO. The second kappa shape index (κ2) is 5.50. The summed E-state index contributed by atoms with van der Waals surface area (Å²) in [7, 11) is 0. The van der Waals surface area contributed by atoms with Crippen molar-refractivity contribution in [2.24, 2.45) is 0 Å². The van der Waals surface area contributed by atoms with Gasteiger partial charge in [-0.25, -0.2) is 4.39 Å². The molecule has 0 saturated heterocycles. The molecule has 2 nitrogen and oxygen atoms in total. The van der Waals surface area contributed by atoms with E-state index in [4.69, 9.17) is 11.6 Å². The third kappa shape index (κ3) is 2.97. The monoisotopic (exact) mass is 255 g/mol. The van der Waals surface area contributed by atoms with Crippen LogP contribution in [0.25, 0.3) is 0 Å². The first-order valence-corrected chi connectivity index (χ1v) is 6.31. The normalized spacial score (nSPS) is 16.8. The summed E-state index contributed by atoms with van der Waals surface area (Å²) in [4.78, 5) is 11.9. The molecule has 2 rings (SSSR count). The van der Waals surface area contributed by atoms with Gasteiger partial charge >= 0.3 is 0 Å². The molecule has 1 aromatic carbocycles. The van der Waals surface area contributed by atoms with Crippen molar-refractivity contribution in [2.75, 3.05) is 0 Å². The zero-order valence-electron chi connectivity index (χ0n) is 9.51. The summed E-state index contributed by atoms with van der Waals surface area (Å²) in [6.45, 7) is 0. The highest BCUT2D eigenvalue weighted by Gasteiger charge is 2.20. The van der Waals surface area contributed by atoms with E-state index >= 15 is 0 Å². The van der Waals surface area contributed by atoms with E-state index in [1.165, 1.54) is 24.6 Å². The van der Waals surface area contributed by atoms with Crippen LogP contribution in [-0.4, -0.2) is 11.9 Å². The average molecular weight is 256 g/mol. The van der Waals surface area contributed by atoms with Crippen LogP contribution in [0.15, 0.2) is 18.2 Å². The van der Waals surface area contributed by atoms with Crippen LogP contribution >= 0.6 is 11.6 Å². The Morgan fingerprint density at radius 3 is 2.65 bits per heavy atom. The fourth-order valence-electron chi connectivity index (χ4n) is 2.22. The Balaban J connectivity index is 2.08. The molecule has 1 saturated carbocycles. The minimum atomic E-state index is -0.564. The molecule has 0 heterocycles. The van der Waals surface area contributed by atoms with Gasteiger partial charge in [0.15, 0.2) is 0 Å². The second-order valence-corrected chi connectivity index (χ2v) is 4.81. The number of benzene rings is 1. The maximum atomic E-state index is 13.5. The highest BCUT2D eigenvalue weighted by molar-refractivity contribution is 6.33. The van der Waals surface area contributed by atoms with Crippen molar-refractivity contribution in [1.29, 1.82) is 0 Å². The molecule has 1 amide bonds. The van der Waals surface area contributed by atoms with Crippen molar-refractivity contribution in [3.05, 3.63) is 34.6 Å². The number of hydrogen-bond acceptors (Lipinski definition) is 1. The van der Waals surface area contributed by atoms with Crippen LogP contribution in [0.1, 0.15) is 42.5 Å². The Morgan fingerprint density at radius 1 is 1.29 bits per heavy atom. The number of rotatable bonds is 2. The average Bonchev–Trinajstić information content (AvgIpc) is 2.30. The number of carbonyl (C=O) groups excluding carboxylic acids is 1. The summed E-state index contributed by atoms with van der Waals surface area (Å²) in [5.41, 5.74) is -0.0419. The van der Waals surface area contributed by atoms with Crippen molar-refractivity contribution in [3.8, 4) is 0 Å². The molecule has 1 aromatic rings. The van der Waals surface area contributed by atoms with Gasteiger partial charge in [0, 0.05) is 6.04 Å². The van der Waals surface area contributed by atoms with Gasteiger partial charge in [-0.05, 0) is 25.0 Å². The number of hydrogen-bond donors (Lipinski definition) is 1. The first-order valence-electron chi connectivity index (χ1n) is 5.93. The van der Waals surface area contributed by atoms with Crippen molar-refractivity contribution in [2.45, 2.75) is 38.1 Å². The molecule has 0 atom stereocenters. The first-order chi connectivity index (χ1) is 8.18. The lowest BCUT2D eigenvalue weighted by Crippen LogP contribution is -2.36. The number of halogens is 2. The molecule has 92 valence electrons. The van der Waals surface area contributed by atoms with Crippen molar-refractivity contribution >= 4 is 17.5 Å². The quantitative estimate of drug-likeness (QED) is 0.860.